The van der Waals surface area contributed by atoms with Crippen LogP contribution < -0.4 is 10.1 Å². The minimum Gasteiger partial charge on any atom is -0.494 e. The zero-order valence-electron chi connectivity index (χ0n) is 7.73. The predicted molar refractivity (Wildman–Crippen MR) is 54.0 cm³/mol. The highest BCUT2D eigenvalue weighted by Gasteiger charge is 2.13. The lowest BCUT2D eigenvalue weighted by Crippen LogP contribution is -2.18. The molecule has 0 saturated heterocycles. The first-order valence-electron chi connectivity index (χ1n) is 3.85. The molecule has 0 saturated carbocycles. The van der Waals surface area contributed by atoms with Crippen molar-refractivity contribution < 1.29 is 13.9 Å². The number of rotatable bonds is 2. The fourth-order valence-corrected chi connectivity index (χ4v) is 1.49. The molecule has 1 N–H and O–H groups in total. The Hall–Kier alpha value is -1.10. The molecule has 0 aliphatic rings. The van der Waals surface area contributed by atoms with Crippen LogP contribution in [0.2, 0.25) is 0 Å². The van der Waals surface area contributed by atoms with E-state index in [2.05, 4.69) is 21.2 Å². The van der Waals surface area contributed by atoms with Crippen molar-refractivity contribution in [1.29, 1.82) is 0 Å². The van der Waals surface area contributed by atoms with Crippen LogP contribution >= 0.6 is 15.9 Å². The van der Waals surface area contributed by atoms with Crippen LogP contribution in [0.15, 0.2) is 16.6 Å². The summed E-state index contributed by atoms with van der Waals surface area (Å²) in [6.07, 6.45) is 0. The van der Waals surface area contributed by atoms with E-state index < -0.39 is 5.82 Å². The van der Waals surface area contributed by atoms with Gasteiger partial charge in [-0.05, 0) is 28.1 Å². The van der Waals surface area contributed by atoms with Crippen molar-refractivity contribution in [2.75, 3.05) is 14.2 Å². The van der Waals surface area contributed by atoms with E-state index in [1.807, 2.05) is 0 Å². The molecule has 0 unspecified atom stereocenters. The van der Waals surface area contributed by atoms with Crippen LogP contribution in [0.1, 0.15) is 10.4 Å². The van der Waals surface area contributed by atoms with E-state index in [4.69, 9.17) is 4.74 Å². The van der Waals surface area contributed by atoms with Gasteiger partial charge in [-0.2, -0.15) is 0 Å². The molecule has 0 aromatic heterocycles. The number of nitrogens with one attached hydrogen (secondary N) is 1. The standard InChI is InChI=1S/C9H9BrFNO2/c1-12-9(13)5-3-8(14-2)7(11)4-6(5)10/h3-4H,1-2H3,(H,12,13). The van der Waals surface area contributed by atoms with Crippen molar-refractivity contribution in [3.8, 4) is 5.75 Å². The average Bonchev–Trinajstić information content (AvgIpc) is 2.17. The van der Waals surface area contributed by atoms with Gasteiger partial charge >= 0.3 is 0 Å². The van der Waals surface area contributed by atoms with Crippen molar-refractivity contribution in [3.05, 3.63) is 28.0 Å². The number of hydrogen-bond acceptors (Lipinski definition) is 2. The largest absolute Gasteiger partial charge is 0.494 e. The normalized spacial score (nSPS) is 9.71. The van der Waals surface area contributed by atoms with Gasteiger partial charge in [-0.1, -0.05) is 0 Å². The molecule has 1 aromatic carbocycles. The van der Waals surface area contributed by atoms with Crippen molar-refractivity contribution in [2.45, 2.75) is 0 Å². The van der Waals surface area contributed by atoms with Crippen LogP contribution in [-0.2, 0) is 0 Å². The van der Waals surface area contributed by atoms with E-state index in [0.717, 1.165) is 0 Å². The first-order chi connectivity index (χ1) is 6.60. The molecule has 0 aliphatic carbocycles. The van der Waals surface area contributed by atoms with Gasteiger partial charge in [0.25, 0.3) is 5.91 Å². The zero-order chi connectivity index (χ0) is 10.7. The number of methoxy groups -OCH3 is 1. The lowest BCUT2D eigenvalue weighted by molar-refractivity contribution is 0.0962. The molecule has 0 heterocycles. The quantitative estimate of drug-likeness (QED) is 0.884. The van der Waals surface area contributed by atoms with Gasteiger partial charge in [-0.3, -0.25) is 4.79 Å². The second kappa shape index (κ2) is 4.41. The molecule has 1 rings (SSSR count). The summed E-state index contributed by atoms with van der Waals surface area (Å²) in [5.74, 6) is -0.756. The number of ether oxygens (including phenoxy) is 1. The van der Waals surface area contributed by atoms with Gasteiger partial charge in [0.1, 0.15) is 0 Å². The van der Waals surface area contributed by atoms with Crippen LogP contribution in [0.4, 0.5) is 4.39 Å². The van der Waals surface area contributed by atoms with E-state index in [-0.39, 0.29) is 11.7 Å². The third-order valence-electron chi connectivity index (χ3n) is 1.71. The van der Waals surface area contributed by atoms with Gasteiger partial charge in [0, 0.05) is 11.5 Å². The molecule has 0 bridgehead atoms. The number of carbonyl (C=O) groups excluding carboxylic acids is 1. The van der Waals surface area contributed by atoms with Crippen molar-refractivity contribution >= 4 is 21.8 Å². The number of halogens is 2. The van der Waals surface area contributed by atoms with Crippen LogP contribution in [0.5, 0.6) is 5.75 Å². The SMILES string of the molecule is CNC(=O)c1cc(OC)c(F)cc1Br. The number of benzene rings is 1. The predicted octanol–water partition coefficient (Wildman–Crippen LogP) is 1.96. The molecule has 5 heteroatoms. The molecule has 76 valence electrons. The molecule has 0 radical (unpaired) electrons. The summed E-state index contributed by atoms with van der Waals surface area (Å²) < 4.78 is 18.3. The highest BCUT2D eigenvalue weighted by Crippen LogP contribution is 2.25. The van der Waals surface area contributed by atoms with E-state index in [1.165, 1.54) is 26.3 Å². The fraction of sp³-hybridized carbons (Fsp3) is 0.222. The Balaban J connectivity index is 3.24. The lowest BCUT2D eigenvalue weighted by Gasteiger charge is -2.07. The van der Waals surface area contributed by atoms with E-state index in [1.54, 1.807) is 0 Å². The summed E-state index contributed by atoms with van der Waals surface area (Å²) in [7, 11) is 2.85. The molecular weight excluding hydrogens is 253 g/mol. The molecule has 1 amide bonds. The Labute approximate surface area is 89.4 Å². The molecule has 0 spiro atoms. The van der Waals surface area contributed by atoms with Gasteiger partial charge in [-0.15, -0.1) is 0 Å². The topological polar surface area (TPSA) is 38.3 Å². The molecule has 3 nitrogen and oxygen atoms in total. The maximum Gasteiger partial charge on any atom is 0.252 e. The molecule has 1 aromatic rings. The average molecular weight is 262 g/mol. The Morgan fingerprint density at radius 1 is 1.57 bits per heavy atom. The highest BCUT2D eigenvalue weighted by atomic mass is 79.9. The summed E-state index contributed by atoms with van der Waals surface area (Å²) in [5, 5.41) is 2.45. The van der Waals surface area contributed by atoms with Gasteiger partial charge < -0.3 is 10.1 Å². The molecule has 14 heavy (non-hydrogen) atoms. The first-order valence-corrected chi connectivity index (χ1v) is 4.64. The summed E-state index contributed by atoms with van der Waals surface area (Å²) in [6.45, 7) is 0. The monoisotopic (exact) mass is 261 g/mol. The second-order valence-corrected chi connectivity index (χ2v) is 3.40. The zero-order valence-corrected chi connectivity index (χ0v) is 9.31. The van der Waals surface area contributed by atoms with Crippen molar-refractivity contribution in [1.82, 2.24) is 5.32 Å². The minimum atomic E-state index is -0.507. The van der Waals surface area contributed by atoms with Crippen LogP contribution in [0.25, 0.3) is 0 Å². The third kappa shape index (κ3) is 2.04. The smallest absolute Gasteiger partial charge is 0.252 e. The van der Waals surface area contributed by atoms with Gasteiger partial charge in [0.05, 0.1) is 12.7 Å². The van der Waals surface area contributed by atoms with E-state index in [9.17, 15) is 9.18 Å². The van der Waals surface area contributed by atoms with Gasteiger partial charge in [-0.25, -0.2) is 4.39 Å². The van der Waals surface area contributed by atoms with E-state index in [0.29, 0.717) is 10.0 Å². The highest BCUT2D eigenvalue weighted by molar-refractivity contribution is 9.10. The molecular formula is C9H9BrFNO2. The molecule has 0 fully saturated rings. The van der Waals surface area contributed by atoms with E-state index >= 15 is 0 Å². The van der Waals surface area contributed by atoms with Crippen LogP contribution in [0, 0.1) is 5.82 Å². The fourth-order valence-electron chi connectivity index (χ4n) is 0.994. The lowest BCUT2D eigenvalue weighted by atomic mass is 10.2. The Morgan fingerprint density at radius 3 is 2.71 bits per heavy atom. The minimum absolute atomic E-state index is 0.0480. The maximum absolute atomic E-state index is 13.1. The second-order valence-electron chi connectivity index (χ2n) is 2.55. The van der Waals surface area contributed by atoms with Crippen molar-refractivity contribution in [3.63, 3.8) is 0 Å². The van der Waals surface area contributed by atoms with Gasteiger partial charge in [0.2, 0.25) is 0 Å². The van der Waals surface area contributed by atoms with Crippen LogP contribution in [-0.4, -0.2) is 20.1 Å². The molecule has 0 atom stereocenters. The van der Waals surface area contributed by atoms with Crippen molar-refractivity contribution in [2.24, 2.45) is 0 Å². The maximum atomic E-state index is 13.1. The number of hydrogen-bond donors (Lipinski definition) is 1. The van der Waals surface area contributed by atoms with Crippen LogP contribution in [0.3, 0.4) is 0 Å². The third-order valence-corrected chi connectivity index (χ3v) is 2.37. The summed E-state index contributed by atoms with van der Waals surface area (Å²) in [6, 6.07) is 2.54. The Bertz CT molecular complexity index is 368. The summed E-state index contributed by atoms with van der Waals surface area (Å²) in [5.41, 5.74) is 0.339. The number of carbonyl (C=O) groups is 1. The first kappa shape index (κ1) is 11.0. The summed E-state index contributed by atoms with van der Waals surface area (Å²) >= 11 is 3.10. The Morgan fingerprint density at radius 2 is 2.21 bits per heavy atom. The van der Waals surface area contributed by atoms with Gasteiger partial charge in [0.15, 0.2) is 11.6 Å². The summed E-state index contributed by atoms with van der Waals surface area (Å²) in [4.78, 5) is 11.3. The number of amides is 1. The molecule has 0 aliphatic heterocycles. The Kier molecular flexibility index (Phi) is 3.46.